The predicted octanol–water partition coefficient (Wildman–Crippen LogP) is 2.12. The van der Waals surface area contributed by atoms with Gasteiger partial charge in [-0.05, 0) is 37.1 Å². The molecule has 0 aliphatic carbocycles. The summed E-state index contributed by atoms with van der Waals surface area (Å²) in [6.07, 6.45) is 0. The molecule has 0 bridgehead atoms. The fraction of sp³-hybridized carbons (Fsp3) is 0.571. The minimum atomic E-state index is -3.46. The average molecular weight is 284 g/mol. The highest BCUT2D eigenvalue weighted by Crippen LogP contribution is 2.21. The van der Waals surface area contributed by atoms with Gasteiger partial charge >= 0.3 is 0 Å². The van der Waals surface area contributed by atoms with Gasteiger partial charge in [-0.15, -0.1) is 0 Å². The fourth-order valence-electron chi connectivity index (χ4n) is 1.50. The van der Waals surface area contributed by atoms with E-state index in [0.717, 1.165) is 5.56 Å². The number of rotatable bonds is 5. The summed E-state index contributed by atoms with van der Waals surface area (Å²) in [5, 5.41) is 3.01. The first kappa shape index (κ1) is 16.1. The van der Waals surface area contributed by atoms with Crippen LogP contribution in [-0.4, -0.2) is 21.5 Å². The molecule has 0 fully saturated rings. The van der Waals surface area contributed by atoms with Gasteiger partial charge in [0.15, 0.2) is 0 Å². The molecule has 0 spiro atoms. The summed E-state index contributed by atoms with van der Waals surface area (Å²) >= 11 is 0. The van der Waals surface area contributed by atoms with E-state index in [9.17, 15) is 8.42 Å². The van der Waals surface area contributed by atoms with Gasteiger partial charge < -0.3 is 5.32 Å². The fourth-order valence-corrected chi connectivity index (χ4v) is 3.02. The number of nitrogens with one attached hydrogen (secondary N) is 2. The molecule has 0 radical (unpaired) electrons. The molecule has 1 unspecified atom stereocenters. The second-order valence-corrected chi connectivity index (χ2v) is 7.60. The van der Waals surface area contributed by atoms with Crippen LogP contribution in [-0.2, 0) is 16.6 Å². The molecular formula is C14H24N2O2S. The molecular weight excluding hydrogens is 260 g/mol. The molecule has 0 aliphatic heterocycles. The van der Waals surface area contributed by atoms with Crippen LogP contribution in [0.15, 0.2) is 29.2 Å². The van der Waals surface area contributed by atoms with E-state index >= 15 is 0 Å². The van der Waals surface area contributed by atoms with Crippen LogP contribution in [0.3, 0.4) is 0 Å². The Morgan fingerprint density at radius 1 is 1.26 bits per heavy atom. The van der Waals surface area contributed by atoms with E-state index in [2.05, 4.69) is 10.0 Å². The third-order valence-corrected chi connectivity index (χ3v) is 4.76. The van der Waals surface area contributed by atoms with Gasteiger partial charge in [-0.3, -0.25) is 0 Å². The summed E-state index contributed by atoms with van der Waals surface area (Å²) in [5.74, 6) is 0. The molecule has 2 N–H and O–H groups in total. The molecule has 19 heavy (non-hydrogen) atoms. The van der Waals surface area contributed by atoms with Crippen LogP contribution in [0.4, 0.5) is 0 Å². The smallest absolute Gasteiger partial charge is 0.240 e. The lowest BCUT2D eigenvalue weighted by Gasteiger charge is -2.27. The second kappa shape index (κ2) is 6.03. The van der Waals surface area contributed by atoms with Crippen molar-refractivity contribution in [3.05, 3.63) is 29.8 Å². The van der Waals surface area contributed by atoms with E-state index in [1.165, 1.54) is 0 Å². The van der Waals surface area contributed by atoms with Gasteiger partial charge in [0.2, 0.25) is 10.0 Å². The van der Waals surface area contributed by atoms with Crippen LogP contribution in [0, 0.1) is 5.41 Å². The zero-order valence-corrected chi connectivity index (χ0v) is 13.1. The van der Waals surface area contributed by atoms with Crippen LogP contribution < -0.4 is 10.0 Å². The van der Waals surface area contributed by atoms with E-state index in [4.69, 9.17) is 0 Å². The summed E-state index contributed by atoms with van der Waals surface area (Å²) in [6, 6.07) is 6.86. The van der Waals surface area contributed by atoms with Gasteiger partial charge in [-0.25, -0.2) is 13.1 Å². The highest BCUT2D eigenvalue weighted by Gasteiger charge is 2.25. The zero-order chi connectivity index (χ0) is 14.7. The van der Waals surface area contributed by atoms with E-state index in [0.29, 0.717) is 11.4 Å². The van der Waals surface area contributed by atoms with Crippen LogP contribution >= 0.6 is 0 Å². The Hall–Kier alpha value is -0.910. The van der Waals surface area contributed by atoms with Crippen molar-refractivity contribution >= 4 is 10.0 Å². The normalized spacial score (nSPS) is 14.4. The molecule has 0 amide bonds. The highest BCUT2D eigenvalue weighted by molar-refractivity contribution is 7.89. The Labute approximate surface area is 116 Å². The Morgan fingerprint density at radius 2 is 1.89 bits per heavy atom. The number of sulfonamides is 1. The van der Waals surface area contributed by atoms with E-state index < -0.39 is 10.0 Å². The van der Waals surface area contributed by atoms with Gasteiger partial charge in [0.05, 0.1) is 4.90 Å². The van der Waals surface area contributed by atoms with Crippen LogP contribution in [0.25, 0.3) is 0 Å². The maximum atomic E-state index is 12.3. The van der Waals surface area contributed by atoms with Crippen LogP contribution in [0.5, 0.6) is 0 Å². The molecule has 0 aromatic heterocycles. The van der Waals surface area contributed by atoms with Gasteiger partial charge in [-0.2, -0.15) is 0 Å². The lowest BCUT2D eigenvalue weighted by Crippen LogP contribution is -2.41. The largest absolute Gasteiger partial charge is 0.316 e. The molecule has 0 saturated carbocycles. The molecule has 1 rings (SSSR count). The molecule has 4 nitrogen and oxygen atoms in total. The number of benzene rings is 1. The predicted molar refractivity (Wildman–Crippen MR) is 78.4 cm³/mol. The Morgan fingerprint density at radius 3 is 2.42 bits per heavy atom. The minimum Gasteiger partial charge on any atom is -0.316 e. The first-order valence-corrected chi connectivity index (χ1v) is 7.91. The van der Waals surface area contributed by atoms with Gasteiger partial charge in [0.25, 0.3) is 0 Å². The highest BCUT2D eigenvalue weighted by atomic mass is 32.2. The standard InChI is InChI=1S/C14H24N2O2S/c1-11(14(2,3)4)16-19(17,18)13-8-6-7-12(9-13)10-15-5/h6-9,11,15-16H,10H2,1-5H3. The Bertz CT molecular complexity index is 518. The first-order valence-electron chi connectivity index (χ1n) is 6.42. The second-order valence-electron chi connectivity index (χ2n) is 5.89. The minimum absolute atomic E-state index is 0.115. The van der Waals surface area contributed by atoms with Gasteiger partial charge in [-0.1, -0.05) is 32.9 Å². The molecule has 5 heteroatoms. The lowest BCUT2D eigenvalue weighted by atomic mass is 9.89. The SMILES string of the molecule is CNCc1cccc(S(=O)(=O)NC(C)C(C)(C)C)c1. The summed E-state index contributed by atoms with van der Waals surface area (Å²) in [4.78, 5) is 0.316. The topological polar surface area (TPSA) is 58.2 Å². The number of hydrogen-bond acceptors (Lipinski definition) is 3. The molecule has 0 heterocycles. The molecule has 1 atom stereocenters. The molecule has 1 aromatic carbocycles. The maximum absolute atomic E-state index is 12.3. The summed E-state index contributed by atoms with van der Waals surface area (Å²) in [5.41, 5.74) is 0.837. The van der Waals surface area contributed by atoms with Crippen molar-refractivity contribution in [1.82, 2.24) is 10.0 Å². The van der Waals surface area contributed by atoms with Crippen molar-refractivity contribution in [2.45, 2.75) is 45.2 Å². The van der Waals surface area contributed by atoms with E-state index in [-0.39, 0.29) is 11.5 Å². The Balaban J connectivity index is 2.97. The van der Waals surface area contributed by atoms with Crippen molar-refractivity contribution in [2.75, 3.05) is 7.05 Å². The van der Waals surface area contributed by atoms with Crippen molar-refractivity contribution in [3.8, 4) is 0 Å². The molecule has 0 saturated heterocycles. The quantitative estimate of drug-likeness (QED) is 0.871. The first-order chi connectivity index (χ1) is 8.66. The van der Waals surface area contributed by atoms with Crippen molar-refractivity contribution in [1.29, 1.82) is 0 Å². The van der Waals surface area contributed by atoms with Crippen molar-refractivity contribution < 1.29 is 8.42 Å². The van der Waals surface area contributed by atoms with Crippen LogP contribution in [0.1, 0.15) is 33.3 Å². The summed E-state index contributed by atoms with van der Waals surface area (Å²) < 4.78 is 27.4. The van der Waals surface area contributed by atoms with Gasteiger partial charge in [0.1, 0.15) is 0 Å². The molecule has 0 aliphatic rings. The zero-order valence-electron chi connectivity index (χ0n) is 12.3. The Kier molecular flexibility index (Phi) is 5.12. The van der Waals surface area contributed by atoms with Crippen LogP contribution in [0.2, 0.25) is 0 Å². The number of hydrogen-bond donors (Lipinski definition) is 2. The van der Waals surface area contributed by atoms with Gasteiger partial charge in [0, 0.05) is 12.6 Å². The third kappa shape index (κ3) is 4.60. The van der Waals surface area contributed by atoms with E-state index in [1.807, 2.05) is 40.8 Å². The van der Waals surface area contributed by atoms with Crippen molar-refractivity contribution in [2.24, 2.45) is 5.41 Å². The molecule has 108 valence electrons. The molecule has 1 aromatic rings. The lowest BCUT2D eigenvalue weighted by molar-refractivity contribution is 0.317. The van der Waals surface area contributed by atoms with Crippen molar-refractivity contribution in [3.63, 3.8) is 0 Å². The summed E-state index contributed by atoms with van der Waals surface area (Å²) in [6.45, 7) is 8.57. The average Bonchev–Trinajstić information content (AvgIpc) is 2.28. The summed E-state index contributed by atoms with van der Waals surface area (Å²) in [7, 11) is -1.63. The third-order valence-electron chi connectivity index (χ3n) is 3.22. The monoisotopic (exact) mass is 284 g/mol. The maximum Gasteiger partial charge on any atom is 0.240 e. The van der Waals surface area contributed by atoms with E-state index in [1.54, 1.807) is 18.2 Å².